The van der Waals surface area contributed by atoms with E-state index in [4.69, 9.17) is 0 Å². The normalized spacial score (nSPS) is 16.0. The lowest BCUT2D eigenvalue weighted by Gasteiger charge is -2.19. The van der Waals surface area contributed by atoms with Gasteiger partial charge in [0.05, 0.1) is 0 Å². The molecule has 1 saturated heterocycles. The summed E-state index contributed by atoms with van der Waals surface area (Å²) in [5.74, 6) is 1.85. The third kappa shape index (κ3) is 6.47. The molecule has 2 rings (SSSR count). The van der Waals surface area contributed by atoms with Crippen LogP contribution in [0.15, 0.2) is 0 Å². The molecule has 1 aliphatic heterocycles. The second-order valence-electron chi connectivity index (χ2n) is 7.40. The molecular formula is C16H30ClN5O. The monoisotopic (exact) mass is 343 g/mol. The Morgan fingerprint density at radius 2 is 2.00 bits per heavy atom. The van der Waals surface area contributed by atoms with Crippen molar-refractivity contribution in [3.05, 3.63) is 5.82 Å². The summed E-state index contributed by atoms with van der Waals surface area (Å²) < 4.78 is 1.68. The van der Waals surface area contributed by atoms with Crippen molar-refractivity contribution in [3.8, 4) is 0 Å². The van der Waals surface area contributed by atoms with Crippen molar-refractivity contribution in [2.45, 2.75) is 58.8 Å². The first kappa shape index (κ1) is 19.9. The fourth-order valence-corrected chi connectivity index (χ4v) is 2.73. The lowest BCUT2D eigenvalue weighted by Crippen LogP contribution is -2.27. The molecule has 7 heteroatoms. The zero-order valence-corrected chi connectivity index (χ0v) is 15.5. The van der Waals surface area contributed by atoms with Gasteiger partial charge < -0.3 is 5.32 Å². The van der Waals surface area contributed by atoms with E-state index in [1.165, 1.54) is 0 Å². The maximum absolute atomic E-state index is 12.0. The first-order chi connectivity index (χ1) is 10.3. The van der Waals surface area contributed by atoms with Gasteiger partial charge in [0.2, 0.25) is 11.9 Å². The molecule has 2 N–H and O–H groups in total. The van der Waals surface area contributed by atoms with Gasteiger partial charge in [-0.15, -0.1) is 12.4 Å². The fourth-order valence-electron chi connectivity index (χ4n) is 2.73. The SMILES string of the molecule is Cl.Cn1nc(C2CCNCC2)nc1NC(=O)CCCC(C)(C)C. The predicted molar refractivity (Wildman–Crippen MR) is 95.0 cm³/mol. The highest BCUT2D eigenvalue weighted by Crippen LogP contribution is 2.24. The molecule has 23 heavy (non-hydrogen) atoms. The zero-order valence-electron chi connectivity index (χ0n) is 14.7. The lowest BCUT2D eigenvalue weighted by atomic mass is 9.90. The van der Waals surface area contributed by atoms with Gasteiger partial charge in [-0.2, -0.15) is 10.1 Å². The quantitative estimate of drug-likeness (QED) is 0.862. The maximum atomic E-state index is 12.0. The highest BCUT2D eigenvalue weighted by Gasteiger charge is 2.21. The summed E-state index contributed by atoms with van der Waals surface area (Å²) in [6, 6.07) is 0. The molecule has 0 bridgehead atoms. The second kappa shape index (κ2) is 8.64. The number of aromatic nitrogens is 3. The number of nitrogens with one attached hydrogen (secondary N) is 2. The Morgan fingerprint density at radius 3 is 2.61 bits per heavy atom. The van der Waals surface area contributed by atoms with Crippen LogP contribution in [0.25, 0.3) is 0 Å². The third-order valence-corrected chi connectivity index (χ3v) is 4.07. The molecule has 1 aliphatic rings. The molecular weight excluding hydrogens is 314 g/mol. The first-order valence-electron chi connectivity index (χ1n) is 8.27. The Morgan fingerprint density at radius 1 is 1.35 bits per heavy atom. The van der Waals surface area contributed by atoms with E-state index in [1.54, 1.807) is 4.68 Å². The van der Waals surface area contributed by atoms with Gasteiger partial charge >= 0.3 is 0 Å². The van der Waals surface area contributed by atoms with Crippen LogP contribution in [-0.4, -0.2) is 33.8 Å². The number of hydrogen-bond donors (Lipinski definition) is 2. The highest BCUT2D eigenvalue weighted by atomic mass is 35.5. The molecule has 1 aromatic heterocycles. The number of halogens is 1. The smallest absolute Gasteiger partial charge is 0.227 e. The van der Waals surface area contributed by atoms with E-state index in [1.807, 2.05) is 7.05 Å². The van der Waals surface area contributed by atoms with Gasteiger partial charge in [0.25, 0.3) is 0 Å². The summed E-state index contributed by atoms with van der Waals surface area (Å²) in [6.45, 7) is 8.60. The van der Waals surface area contributed by atoms with E-state index < -0.39 is 0 Å². The Bertz CT molecular complexity index is 503. The van der Waals surface area contributed by atoms with Crippen LogP contribution in [0.5, 0.6) is 0 Å². The summed E-state index contributed by atoms with van der Waals surface area (Å²) >= 11 is 0. The molecule has 1 aromatic rings. The highest BCUT2D eigenvalue weighted by molar-refractivity contribution is 5.88. The van der Waals surface area contributed by atoms with Crippen molar-refractivity contribution in [1.29, 1.82) is 0 Å². The van der Waals surface area contributed by atoms with E-state index in [0.717, 1.165) is 44.6 Å². The molecule has 132 valence electrons. The number of hydrogen-bond acceptors (Lipinski definition) is 4. The van der Waals surface area contributed by atoms with Gasteiger partial charge in [-0.3, -0.25) is 10.1 Å². The maximum Gasteiger partial charge on any atom is 0.227 e. The minimum Gasteiger partial charge on any atom is -0.317 e. The van der Waals surface area contributed by atoms with Gasteiger partial charge in [-0.05, 0) is 44.2 Å². The van der Waals surface area contributed by atoms with Crippen molar-refractivity contribution < 1.29 is 4.79 Å². The molecule has 1 amide bonds. The Hall–Kier alpha value is -1.14. The number of anilines is 1. The molecule has 0 atom stereocenters. The minimum atomic E-state index is 0. The molecule has 0 radical (unpaired) electrons. The fraction of sp³-hybridized carbons (Fsp3) is 0.812. The van der Waals surface area contributed by atoms with Gasteiger partial charge in [0.1, 0.15) is 0 Å². The van der Waals surface area contributed by atoms with Crippen LogP contribution in [0.4, 0.5) is 5.95 Å². The average molecular weight is 344 g/mol. The Balaban J connectivity index is 0.00000264. The van der Waals surface area contributed by atoms with E-state index >= 15 is 0 Å². The summed E-state index contributed by atoms with van der Waals surface area (Å²) in [6.07, 6.45) is 4.59. The molecule has 0 unspecified atom stereocenters. The van der Waals surface area contributed by atoms with Crippen molar-refractivity contribution in [2.24, 2.45) is 12.5 Å². The molecule has 0 saturated carbocycles. The van der Waals surface area contributed by atoms with E-state index in [9.17, 15) is 4.79 Å². The van der Waals surface area contributed by atoms with Crippen molar-refractivity contribution >= 4 is 24.3 Å². The lowest BCUT2D eigenvalue weighted by molar-refractivity contribution is -0.116. The zero-order chi connectivity index (χ0) is 16.2. The summed E-state index contributed by atoms with van der Waals surface area (Å²) in [7, 11) is 1.84. The van der Waals surface area contributed by atoms with E-state index in [0.29, 0.717) is 18.3 Å². The summed E-state index contributed by atoms with van der Waals surface area (Å²) in [4.78, 5) is 16.6. The number of aryl methyl sites for hydroxylation is 1. The molecule has 0 aliphatic carbocycles. The van der Waals surface area contributed by atoms with Crippen molar-refractivity contribution in [3.63, 3.8) is 0 Å². The number of amides is 1. The van der Waals surface area contributed by atoms with Crippen LogP contribution in [0.1, 0.15) is 64.6 Å². The van der Waals surface area contributed by atoms with Gasteiger partial charge in [0, 0.05) is 19.4 Å². The number of nitrogens with zero attached hydrogens (tertiary/aromatic N) is 3. The van der Waals surface area contributed by atoms with E-state index in [2.05, 4.69) is 41.5 Å². The van der Waals surface area contributed by atoms with Crippen LogP contribution in [-0.2, 0) is 11.8 Å². The van der Waals surface area contributed by atoms with Crippen molar-refractivity contribution in [2.75, 3.05) is 18.4 Å². The van der Waals surface area contributed by atoms with Crippen molar-refractivity contribution in [1.82, 2.24) is 20.1 Å². The topological polar surface area (TPSA) is 71.8 Å². The van der Waals surface area contributed by atoms with Crippen LogP contribution >= 0.6 is 12.4 Å². The predicted octanol–water partition coefficient (Wildman–Crippen LogP) is 2.86. The van der Waals surface area contributed by atoms with Gasteiger partial charge in [-0.25, -0.2) is 4.68 Å². The average Bonchev–Trinajstić information content (AvgIpc) is 2.80. The molecule has 0 spiro atoms. The number of piperidine rings is 1. The van der Waals surface area contributed by atoms with Crippen LogP contribution in [0.3, 0.4) is 0 Å². The first-order valence-corrected chi connectivity index (χ1v) is 8.27. The third-order valence-electron chi connectivity index (χ3n) is 4.07. The molecule has 0 aromatic carbocycles. The minimum absolute atomic E-state index is 0. The molecule has 6 nitrogen and oxygen atoms in total. The second-order valence-corrected chi connectivity index (χ2v) is 7.40. The largest absolute Gasteiger partial charge is 0.317 e. The van der Waals surface area contributed by atoms with Gasteiger partial charge in [-0.1, -0.05) is 20.8 Å². The summed E-state index contributed by atoms with van der Waals surface area (Å²) in [5.41, 5.74) is 0.271. The molecule has 1 fully saturated rings. The Kier molecular flexibility index (Phi) is 7.48. The standard InChI is InChI=1S/C16H29N5O.ClH/c1-16(2,3)9-5-6-13(22)18-15-19-14(20-21(15)4)12-7-10-17-11-8-12;/h12,17H,5-11H2,1-4H3,(H,18,19,20,22);1H. The number of rotatable bonds is 5. The van der Waals surface area contributed by atoms with Crippen LogP contribution in [0, 0.1) is 5.41 Å². The van der Waals surface area contributed by atoms with Gasteiger partial charge in [0.15, 0.2) is 5.82 Å². The van der Waals surface area contributed by atoms with E-state index in [-0.39, 0.29) is 23.7 Å². The Labute approximate surface area is 145 Å². The summed E-state index contributed by atoms with van der Waals surface area (Å²) in [5, 5.41) is 10.7. The number of carbonyl (C=O) groups excluding carboxylic acids is 1. The van der Waals surface area contributed by atoms with Crippen LogP contribution in [0.2, 0.25) is 0 Å². The molecule has 2 heterocycles. The number of carbonyl (C=O) groups is 1. The van der Waals surface area contributed by atoms with Crippen LogP contribution < -0.4 is 10.6 Å².